The normalized spacial score (nSPS) is 17.1. The Morgan fingerprint density at radius 3 is 2.81 bits per heavy atom. The van der Waals surface area contributed by atoms with Crippen molar-refractivity contribution in [2.24, 2.45) is 0 Å². The minimum absolute atomic E-state index is 0.0461. The second-order valence-electron chi connectivity index (χ2n) is 6.39. The zero-order chi connectivity index (χ0) is 18.1. The van der Waals surface area contributed by atoms with Crippen molar-refractivity contribution >= 4 is 11.6 Å². The quantitative estimate of drug-likeness (QED) is 0.714. The minimum Gasteiger partial charge on any atom is -0.339 e. The Hall–Kier alpha value is -3.02. The standard InChI is InChI=1S/C20H18FN3O2/c1-2-13-4-3-5-17(10-13)24-12-15(11-18(24)25)20-22-19(23-26-20)14-6-8-16(21)9-7-14/h3-10,15H,2,11-12H2,1H3. The summed E-state index contributed by atoms with van der Waals surface area (Å²) in [5.41, 5.74) is 2.77. The second kappa shape index (κ2) is 6.71. The van der Waals surface area contributed by atoms with Crippen molar-refractivity contribution < 1.29 is 13.7 Å². The summed E-state index contributed by atoms with van der Waals surface area (Å²) in [5.74, 6) is 0.425. The first-order chi connectivity index (χ1) is 12.6. The number of aryl methyl sites for hydroxylation is 1. The van der Waals surface area contributed by atoms with Crippen LogP contribution in [-0.2, 0) is 11.2 Å². The molecule has 1 amide bonds. The molecule has 0 saturated carbocycles. The predicted octanol–water partition coefficient (Wildman–Crippen LogP) is 3.96. The fourth-order valence-electron chi connectivity index (χ4n) is 3.18. The molecule has 4 rings (SSSR count). The molecular formula is C20H18FN3O2. The molecule has 2 heterocycles. The topological polar surface area (TPSA) is 59.2 Å². The summed E-state index contributed by atoms with van der Waals surface area (Å²) in [7, 11) is 0. The van der Waals surface area contributed by atoms with Crippen LogP contribution in [0.25, 0.3) is 11.4 Å². The molecule has 0 spiro atoms. The van der Waals surface area contributed by atoms with Gasteiger partial charge in [-0.05, 0) is 48.4 Å². The van der Waals surface area contributed by atoms with Gasteiger partial charge in [0, 0.05) is 24.2 Å². The molecule has 1 aliphatic rings. The molecule has 5 nitrogen and oxygen atoms in total. The van der Waals surface area contributed by atoms with E-state index in [4.69, 9.17) is 4.52 Å². The van der Waals surface area contributed by atoms with Crippen LogP contribution in [0.1, 0.15) is 30.7 Å². The average molecular weight is 351 g/mol. The number of hydrogen-bond donors (Lipinski definition) is 0. The van der Waals surface area contributed by atoms with Crippen LogP contribution in [0.4, 0.5) is 10.1 Å². The van der Waals surface area contributed by atoms with Gasteiger partial charge in [0.25, 0.3) is 0 Å². The molecule has 1 fully saturated rings. The maximum absolute atomic E-state index is 13.0. The monoisotopic (exact) mass is 351 g/mol. The van der Waals surface area contributed by atoms with E-state index in [-0.39, 0.29) is 17.6 Å². The van der Waals surface area contributed by atoms with E-state index in [1.807, 2.05) is 18.2 Å². The van der Waals surface area contributed by atoms with Gasteiger partial charge < -0.3 is 9.42 Å². The van der Waals surface area contributed by atoms with Gasteiger partial charge in [-0.25, -0.2) is 4.39 Å². The Morgan fingerprint density at radius 2 is 2.04 bits per heavy atom. The summed E-state index contributed by atoms with van der Waals surface area (Å²) in [5, 5.41) is 3.97. The number of carbonyl (C=O) groups excluding carboxylic acids is 1. The number of nitrogens with zero attached hydrogens (tertiary/aromatic N) is 3. The van der Waals surface area contributed by atoms with Gasteiger partial charge in [0.1, 0.15) is 5.82 Å². The smallest absolute Gasteiger partial charge is 0.232 e. The lowest BCUT2D eigenvalue weighted by Crippen LogP contribution is -2.24. The summed E-state index contributed by atoms with van der Waals surface area (Å²) in [6, 6.07) is 13.9. The van der Waals surface area contributed by atoms with E-state index in [0.29, 0.717) is 30.2 Å². The molecule has 1 aliphatic heterocycles. The zero-order valence-electron chi connectivity index (χ0n) is 14.4. The Bertz CT molecular complexity index is 936. The highest BCUT2D eigenvalue weighted by Crippen LogP contribution is 2.32. The van der Waals surface area contributed by atoms with Crippen LogP contribution in [0.3, 0.4) is 0 Å². The van der Waals surface area contributed by atoms with Crippen molar-refractivity contribution in [3.05, 3.63) is 65.8 Å². The van der Waals surface area contributed by atoms with Gasteiger partial charge in [0.05, 0.1) is 5.92 Å². The van der Waals surface area contributed by atoms with Crippen LogP contribution < -0.4 is 4.90 Å². The Balaban J connectivity index is 1.54. The SMILES string of the molecule is CCc1cccc(N2CC(c3nc(-c4ccc(F)cc4)no3)CC2=O)c1. The highest BCUT2D eigenvalue weighted by molar-refractivity contribution is 5.96. The fraction of sp³-hybridized carbons (Fsp3) is 0.250. The van der Waals surface area contributed by atoms with Crippen LogP contribution in [-0.4, -0.2) is 22.6 Å². The molecule has 1 aromatic heterocycles. The molecule has 132 valence electrons. The molecule has 0 N–H and O–H groups in total. The van der Waals surface area contributed by atoms with Gasteiger partial charge in [-0.3, -0.25) is 4.79 Å². The van der Waals surface area contributed by atoms with Crippen molar-refractivity contribution in [3.63, 3.8) is 0 Å². The fourth-order valence-corrected chi connectivity index (χ4v) is 3.18. The minimum atomic E-state index is -0.316. The maximum Gasteiger partial charge on any atom is 0.232 e. The van der Waals surface area contributed by atoms with Gasteiger partial charge >= 0.3 is 0 Å². The maximum atomic E-state index is 13.0. The molecule has 26 heavy (non-hydrogen) atoms. The lowest BCUT2D eigenvalue weighted by molar-refractivity contribution is -0.117. The van der Waals surface area contributed by atoms with Crippen molar-refractivity contribution in [1.29, 1.82) is 0 Å². The first-order valence-electron chi connectivity index (χ1n) is 8.63. The highest BCUT2D eigenvalue weighted by atomic mass is 19.1. The molecule has 0 radical (unpaired) electrons. The van der Waals surface area contributed by atoms with Gasteiger partial charge in [-0.15, -0.1) is 0 Å². The van der Waals surface area contributed by atoms with Gasteiger partial charge in [0.15, 0.2) is 0 Å². The van der Waals surface area contributed by atoms with E-state index < -0.39 is 0 Å². The van der Waals surface area contributed by atoms with Crippen LogP contribution in [0.15, 0.2) is 53.1 Å². The van der Waals surface area contributed by atoms with E-state index in [9.17, 15) is 9.18 Å². The third-order valence-electron chi connectivity index (χ3n) is 4.65. The highest BCUT2D eigenvalue weighted by Gasteiger charge is 2.35. The van der Waals surface area contributed by atoms with E-state index >= 15 is 0 Å². The Morgan fingerprint density at radius 1 is 1.23 bits per heavy atom. The Kier molecular flexibility index (Phi) is 4.24. The molecule has 1 unspecified atom stereocenters. The van der Waals surface area contributed by atoms with E-state index in [1.54, 1.807) is 17.0 Å². The molecule has 1 atom stereocenters. The molecule has 6 heteroatoms. The van der Waals surface area contributed by atoms with Gasteiger partial charge in [-0.2, -0.15) is 4.98 Å². The summed E-state index contributed by atoms with van der Waals surface area (Å²) in [4.78, 5) is 18.6. The summed E-state index contributed by atoms with van der Waals surface area (Å²) < 4.78 is 18.4. The van der Waals surface area contributed by atoms with E-state index in [2.05, 4.69) is 23.1 Å². The largest absolute Gasteiger partial charge is 0.339 e. The van der Waals surface area contributed by atoms with Crippen molar-refractivity contribution in [3.8, 4) is 11.4 Å². The van der Waals surface area contributed by atoms with Crippen molar-refractivity contribution in [2.75, 3.05) is 11.4 Å². The lowest BCUT2D eigenvalue weighted by Gasteiger charge is -2.16. The number of rotatable bonds is 4. The number of aromatic nitrogens is 2. The van der Waals surface area contributed by atoms with Gasteiger partial charge in [-0.1, -0.05) is 24.2 Å². The van der Waals surface area contributed by atoms with E-state index in [0.717, 1.165) is 12.1 Å². The number of benzene rings is 2. The van der Waals surface area contributed by atoms with Crippen LogP contribution >= 0.6 is 0 Å². The number of hydrogen-bond acceptors (Lipinski definition) is 4. The van der Waals surface area contributed by atoms with E-state index in [1.165, 1.54) is 17.7 Å². The lowest BCUT2D eigenvalue weighted by atomic mass is 10.1. The number of halogens is 1. The number of anilines is 1. The molecule has 3 aromatic rings. The second-order valence-corrected chi connectivity index (χ2v) is 6.39. The molecule has 1 saturated heterocycles. The van der Waals surface area contributed by atoms with Crippen molar-refractivity contribution in [2.45, 2.75) is 25.7 Å². The average Bonchev–Trinajstić information content (AvgIpc) is 3.29. The number of amides is 1. The van der Waals surface area contributed by atoms with Crippen molar-refractivity contribution in [1.82, 2.24) is 10.1 Å². The molecule has 2 aromatic carbocycles. The van der Waals surface area contributed by atoms with Crippen LogP contribution in [0.5, 0.6) is 0 Å². The number of carbonyl (C=O) groups is 1. The summed E-state index contributed by atoms with van der Waals surface area (Å²) >= 11 is 0. The first-order valence-corrected chi connectivity index (χ1v) is 8.63. The first kappa shape index (κ1) is 16.4. The van der Waals surface area contributed by atoms with Crippen LogP contribution in [0.2, 0.25) is 0 Å². The molecule has 0 aliphatic carbocycles. The summed E-state index contributed by atoms with van der Waals surface area (Å²) in [6.07, 6.45) is 1.26. The third kappa shape index (κ3) is 3.10. The van der Waals surface area contributed by atoms with Crippen LogP contribution in [0, 0.1) is 5.82 Å². The van der Waals surface area contributed by atoms with Gasteiger partial charge in [0.2, 0.25) is 17.6 Å². The molecule has 0 bridgehead atoms. The Labute approximate surface area is 150 Å². The summed E-state index contributed by atoms with van der Waals surface area (Å²) in [6.45, 7) is 2.60. The zero-order valence-corrected chi connectivity index (χ0v) is 14.4. The third-order valence-corrected chi connectivity index (χ3v) is 4.65. The molecular weight excluding hydrogens is 333 g/mol. The predicted molar refractivity (Wildman–Crippen MR) is 95.2 cm³/mol.